The Morgan fingerprint density at radius 3 is 2.86 bits per heavy atom. The fourth-order valence-corrected chi connectivity index (χ4v) is 2.35. The summed E-state index contributed by atoms with van der Waals surface area (Å²) in [6.07, 6.45) is 4.18. The summed E-state index contributed by atoms with van der Waals surface area (Å²) in [6.45, 7) is 8.23. The molecule has 14 heavy (non-hydrogen) atoms. The van der Waals surface area contributed by atoms with Crippen molar-refractivity contribution in [2.75, 3.05) is 0 Å². The lowest BCUT2D eigenvalue weighted by molar-refractivity contribution is 0.585. The highest BCUT2D eigenvalue weighted by Crippen LogP contribution is 2.25. The number of hydrogen-bond donors (Lipinski definition) is 1. The Labute approximate surface area is 90.6 Å². The molecule has 0 spiro atoms. The van der Waals surface area contributed by atoms with Crippen LogP contribution in [0.5, 0.6) is 0 Å². The van der Waals surface area contributed by atoms with E-state index in [4.69, 9.17) is 5.73 Å². The van der Waals surface area contributed by atoms with Gasteiger partial charge in [-0.2, -0.15) is 0 Å². The summed E-state index contributed by atoms with van der Waals surface area (Å²) in [6, 6.07) is 2.20. The van der Waals surface area contributed by atoms with Gasteiger partial charge in [0, 0.05) is 4.88 Å². The van der Waals surface area contributed by atoms with Crippen molar-refractivity contribution in [1.82, 2.24) is 0 Å². The number of rotatable bonds is 5. The first-order valence-electron chi connectivity index (χ1n) is 5.09. The van der Waals surface area contributed by atoms with E-state index in [-0.39, 0.29) is 6.04 Å². The molecule has 1 atom stereocenters. The molecule has 2 heteroatoms. The Balaban J connectivity index is 2.67. The summed E-state index contributed by atoms with van der Waals surface area (Å²) in [7, 11) is 0. The summed E-state index contributed by atoms with van der Waals surface area (Å²) in [4.78, 5) is 1.28. The van der Waals surface area contributed by atoms with Crippen molar-refractivity contribution < 1.29 is 0 Å². The van der Waals surface area contributed by atoms with Crippen molar-refractivity contribution in [3.63, 3.8) is 0 Å². The second-order valence-corrected chi connectivity index (χ2v) is 4.95. The van der Waals surface area contributed by atoms with Crippen LogP contribution in [0.4, 0.5) is 0 Å². The van der Waals surface area contributed by atoms with E-state index in [9.17, 15) is 0 Å². The molecule has 0 aliphatic heterocycles. The number of aryl methyl sites for hydroxylation is 1. The summed E-state index contributed by atoms with van der Waals surface area (Å²) in [5.74, 6) is 0.753. The minimum absolute atomic E-state index is 0.0113. The molecule has 78 valence electrons. The van der Waals surface area contributed by atoms with Gasteiger partial charge in [-0.1, -0.05) is 19.9 Å². The van der Waals surface area contributed by atoms with Gasteiger partial charge in [0.25, 0.3) is 0 Å². The Morgan fingerprint density at radius 2 is 2.29 bits per heavy atom. The van der Waals surface area contributed by atoms with E-state index >= 15 is 0 Å². The predicted molar refractivity (Wildman–Crippen MR) is 64.6 cm³/mol. The van der Waals surface area contributed by atoms with Gasteiger partial charge >= 0.3 is 0 Å². The van der Waals surface area contributed by atoms with Crippen LogP contribution in [-0.4, -0.2) is 0 Å². The topological polar surface area (TPSA) is 26.0 Å². The maximum Gasteiger partial charge on any atom is 0.0575 e. The quantitative estimate of drug-likeness (QED) is 0.738. The lowest BCUT2D eigenvalue weighted by Crippen LogP contribution is -2.07. The zero-order chi connectivity index (χ0) is 10.6. The molecule has 1 heterocycles. The third-order valence-electron chi connectivity index (χ3n) is 2.33. The second kappa shape index (κ2) is 5.32. The van der Waals surface area contributed by atoms with Crippen LogP contribution in [0.15, 0.2) is 24.1 Å². The van der Waals surface area contributed by atoms with Crippen LogP contribution in [0.2, 0.25) is 0 Å². The number of hydrogen-bond acceptors (Lipinski definition) is 2. The Bertz CT molecular complexity index is 288. The molecule has 0 aliphatic rings. The summed E-state index contributed by atoms with van der Waals surface area (Å²) in [5, 5.41) is 2.12. The first kappa shape index (κ1) is 11.5. The lowest BCUT2D eigenvalue weighted by Gasteiger charge is -2.09. The van der Waals surface area contributed by atoms with Crippen LogP contribution >= 0.6 is 11.3 Å². The Hall–Kier alpha value is -0.600. The van der Waals surface area contributed by atoms with E-state index in [1.54, 1.807) is 11.3 Å². The maximum absolute atomic E-state index is 5.94. The fraction of sp³-hybridized carbons (Fsp3) is 0.500. The monoisotopic (exact) mass is 209 g/mol. The zero-order valence-electron chi connectivity index (χ0n) is 8.99. The van der Waals surface area contributed by atoms with Crippen LogP contribution in [0.3, 0.4) is 0 Å². The maximum atomic E-state index is 5.94. The van der Waals surface area contributed by atoms with Crippen molar-refractivity contribution in [1.29, 1.82) is 0 Å². The van der Waals surface area contributed by atoms with Crippen molar-refractivity contribution in [2.45, 2.75) is 32.7 Å². The van der Waals surface area contributed by atoms with Gasteiger partial charge in [-0.15, -0.1) is 17.9 Å². The van der Waals surface area contributed by atoms with Gasteiger partial charge in [-0.25, -0.2) is 0 Å². The summed E-state index contributed by atoms with van der Waals surface area (Å²) >= 11 is 1.74. The van der Waals surface area contributed by atoms with E-state index in [0.717, 1.165) is 12.3 Å². The van der Waals surface area contributed by atoms with Gasteiger partial charge in [0.15, 0.2) is 0 Å². The Morgan fingerprint density at radius 1 is 1.57 bits per heavy atom. The van der Waals surface area contributed by atoms with E-state index < -0.39 is 0 Å². The molecular weight excluding hydrogens is 190 g/mol. The molecular formula is C12H19NS. The number of nitrogens with two attached hydrogens (primary N) is 1. The van der Waals surface area contributed by atoms with E-state index in [2.05, 4.69) is 31.9 Å². The molecule has 0 aromatic carbocycles. The van der Waals surface area contributed by atoms with Gasteiger partial charge in [-0.05, 0) is 35.8 Å². The predicted octanol–water partition coefficient (Wildman–Crippen LogP) is 3.52. The van der Waals surface area contributed by atoms with Crippen LogP contribution in [0, 0.1) is 5.92 Å². The van der Waals surface area contributed by atoms with Crippen LogP contribution in [0.25, 0.3) is 0 Å². The van der Waals surface area contributed by atoms with Gasteiger partial charge in [-0.3, -0.25) is 0 Å². The van der Waals surface area contributed by atoms with E-state index in [0.29, 0.717) is 0 Å². The molecule has 1 aromatic heterocycles. The first-order valence-corrected chi connectivity index (χ1v) is 5.97. The van der Waals surface area contributed by atoms with Crippen molar-refractivity contribution >= 4 is 11.3 Å². The lowest BCUT2D eigenvalue weighted by atomic mass is 10.0. The minimum Gasteiger partial charge on any atom is -0.320 e. The van der Waals surface area contributed by atoms with E-state index in [1.807, 2.05) is 6.08 Å². The molecule has 0 saturated heterocycles. The standard InChI is InChI=1S/C12H19NS/c1-4-11(13)12-10(7-8-14-12)6-5-9(2)3/h4,7-9,11H,1,5-6,13H2,2-3H3. The number of thiophene rings is 1. The molecule has 0 radical (unpaired) electrons. The smallest absolute Gasteiger partial charge is 0.0575 e. The van der Waals surface area contributed by atoms with Crippen molar-refractivity contribution in [3.05, 3.63) is 34.5 Å². The SMILES string of the molecule is C=CC(N)c1sccc1CCC(C)C. The first-order chi connectivity index (χ1) is 6.65. The molecule has 0 bridgehead atoms. The highest BCUT2D eigenvalue weighted by Gasteiger charge is 2.09. The largest absolute Gasteiger partial charge is 0.320 e. The molecule has 0 saturated carbocycles. The molecule has 0 amide bonds. The van der Waals surface area contributed by atoms with Crippen LogP contribution in [0.1, 0.15) is 36.8 Å². The second-order valence-electron chi connectivity index (χ2n) is 4.00. The molecule has 1 rings (SSSR count). The van der Waals surface area contributed by atoms with Crippen LogP contribution < -0.4 is 5.73 Å². The summed E-state index contributed by atoms with van der Waals surface area (Å²) < 4.78 is 0. The average molecular weight is 209 g/mol. The molecule has 0 fully saturated rings. The fourth-order valence-electron chi connectivity index (χ4n) is 1.40. The van der Waals surface area contributed by atoms with Crippen molar-refractivity contribution in [2.24, 2.45) is 11.7 Å². The molecule has 1 unspecified atom stereocenters. The van der Waals surface area contributed by atoms with Gasteiger partial charge in [0.2, 0.25) is 0 Å². The van der Waals surface area contributed by atoms with Gasteiger partial charge in [0.1, 0.15) is 0 Å². The molecule has 0 aliphatic carbocycles. The zero-order valence-corrected chi connectivity index (χ0v) is 9.81. The molecule has 1 nitrogen and oxygen atoms in total. The van der Waals surface area contributed by atoms with E-state index in [1.165, 1.54) is 16.9 Å². The third kappa shape index (κ3) is 2.96. The van der Waals surface area contributed by atoms with Gasteiger partial charge < -0.3 is 5.73 Å². The van der Waals surface area contributed by atoms with Gasteiger partial charge in [0.05, 0.1) is 6.04 Å². The van der Waals surface area contributed by atoms with Crippen molar-refractivity contribution in [3.8, 4) is 0 Å². The molecule has 1 aromatic rings. The molecule has 2 N–H and O–H groups in total. The Kier molecular flexibility index (Phi) is 4.36. The summed E-state index contributed by atoms with van der Waals surface area (Å²) in [5.41, 5.74) is 7.34. The van der Waals surface area contributed by atoms with Crippen LogP contribution in [-0.2, 0) is 6.42 Å². The highest BCUT2D eigenvalue weighted by molar-refractivity contribution is 7.10. The average Bonchev–Trinajstić information content (AvgIpc) is 2.61. The third-order valence-corrected chi connectivity index (χ3v) is 3.39. The highest BCUT2D eigenvalue weighted by atomic mass is 32.1. The minimum atomic E-state index is 0.0113. The normalized spacial score (nSPS) is 13.1.